The predicted molar refractivity (Wildman–Crippen MR) is 153 cm³/mol. The molecule has 11 heteroatoms. The molecule has 0 bridgehead atoms. The van der Waals surface area contributed by atoms with Gasteiger partial charge in [-0.25, -0.2) is 13.8 Å². The molecule has 0 saturated heterocycles. The SMILES string of the molecule is COc1cc(C=NNC(=O)c2ccc(NS(=O)(=O)c3ccc(Cl)cc3)cc2)ccc1OCc1ccc(Cl)cc1. The number of hydrazone groups is 1. The number of rotatable bonds is 10. The number of hydrogen-bond acceptors (Lipinski definition) is 6. The van der Waals surface area contributed by atoms with Gasteiger partial charge in [0.25, 0.3) is 15.9 Å². The number of amides is 1. The van der Waals surface area contributed by atoms with Crippen LogP contribution in [0.25, 0.3) is 0 Å². The number of nitrogens with one attached hydrogen (secondary N) is 2. The Morgan fingerprint density at radius 2 is 1.51 bits per heavy atom. The minimum absolute atomic E-state index is 0.0702. The van der Waals surface area contributed by atoms with Crippen LogP contribution in [0.15, 0.2) is 101 Å². The van der Waals surface area contributed by atoms with Crippen LogP contribution in [-0.2, 0) is 16.6 Å². The molecule has 2 N–H and O–H groups in total. The zero-order valence-electron chi connectivity index (χ0n) is 20.6. The van der Waals surface area contributed by atoms with E-state index in [0.717, 1.165) is 5.56 Å². The highest BCUT2D eigenvalue weighted by molar-refractivity contribution is 7.92. The van der Waals surface area contributed by atoms with Crippen molar-refractivity contribution in [2.24, 2.45) is 5.10 Å². The van der Waals surface area contributed by atoms with Gasteiger partial charge in [0.15, 0.2) is 11.5 Å². The van der Waals surface area contributed by atoms with Crippen molar-refractivity contribution in [3.05, 3.63) is 118 Å². The summed E-state index contributed by atoms with van der Waals surface area (Å²) in [5, 5.41) is 5.08. The number of sulfonamides is 1. The van der Waals surface area contributed by atoms with E-state index in [4.69, 9.17) is 32.7 Å². The molecule has 0 aliphatic heterocycles. The van der Waals surface area contributed by atoms with Crippen molar-refractivity contribution in [3.8, 4) is 11.5 Å². The van der Waals surface area contributed by atoms with Crippen LogP contribution in [0.2, 0.25) is 10.0 Å². The molecule has 0 saturated carbocycles. The Labute approximate surface area is 236 Å². The first-order valence-electron chi connectivity index (χ1n) is 11.5. The molecule has 4 aromatic rings. The van der Waals surface area contributed by atoms with Crippen molar-refractivity contribution in [1.82, 2.24) is 5.43 Å². The number of anilines is 1. The van der Waals surface area contributed by atoms with Gasteiger partial charge in [0, 0.05) is 21.3 Å². The van der Waals surface area contributed by atoms with Crippen molar-refractivity contribution in [3.63, 3.8) is 0 Å². The van der Waals surface area contributed by atoms with E-state index in [9.17, 15) is 13.2 Å². The molecular weight excluding hydrogens is 561 g/mol. The van der Waals surface area contributed by atoms with Crippen molar-refractivity contribution >= 4 is 51.0 Å². The molecule has 0 aliphatic rings. The number of carbonyl (C=O) groups excluding carboxylic acids is 1. The van der Waals surface area contributed by atoms with Crippen molar-refractivity contribution in [2.75, 3.05) is 11.8 Å². The summed E-state index contributed by atoms with van der Waals surface area (Å²) in [6.45, 7) is 0.346. The van der Waals surface area contributed by atoms with Gasteiger partial charge in [-0.3, -0.25) is 9.52 Å². The van der Waals surface area contributed by atoms with Crippen molar-refractivity contribution in [1.29, 1.82) is 0 Å². The normalized spacial score (nSPS) is 11.3. The van der Waals surface area contributed by atoms with Gasteiger partial charge in [0.05, 0.1) is 18.2 Å². The van der Waals surface area contributed by atoms with Crippen LogP contribution in [0.3, 0.4) is 0 Å². The molecule has 200 valence electrons. The van der Waals surface area contributed by atoms with Crippen molar-refractivity contribution < 1.29 is 22.7 Å². The smallest absolute Gasteiger partial charge is 0.271 e. The molecular formula is C28H23Cl2N3O5S. The number of benzene rings is 4. The molecule has 0 radical (unpaired) electrons. The van der Waals surface area contributed by atoms with E-state index in [1.54, 1.807) is 30.3 Å². The van der Waals surface area contributed by atoms with Gasteiger partial charge in [-0.15, -0.1) is 0 Å². The third kappa shape index (κ3) is 7.73. The average molecular weight is 584 g/mol. The first kappa shape index (κ1) is 28.0. The highest BCUT2D eigenvalue weighted by atomic mass is 35.5. The number of halogens is 2. The molecule has 0 heterocycles. The van der Waals surface area contributed by atoms with E-state index in [2.05, 4.69) is 15.2 Å². The van der Waals surface area contributed by atoms with Crippen molar-refractivity contribution in [2.45, 2.75) is 11.5 Å². The third-order valence-corrected chi connectivity index (χ3v) is 7.30. The average Bonchev–Trinajstić information content (AvgIpc) is 2.93. The Balaban J connectivity index is 1.33. The maximum absolute atomic E-state index is 12.5. The van der Waals surface area contributed by atoms with E-state index in [-0.39, 0.29) is 4.90 Å². The molecule has 4 aromatic carbocycles. The lowest BCUT2D eigenvalue weighted by molar-refractivity contribution is 0.0955. The number of nitrogens with zero attached hydrogens (tertiary/aromatic N) is 1. The summed E-state index contributed by atoms with van der Waals surface area (Å²) in [5.74, 6) is 0.601. The third-order valence-electron chi connectivity index (χ3n) is 5.40. The van der Waals surface area contributed by atoms with Crippen LogP contribution in [0, 0.1) is 0 Å². The molecule has 39 heavy (non-hydrogen) atoms. The molecule has 0 unspecified atom stereocenters. The highest BCUT2D eigenvalue weighted by Gasteiger charge is 2.14. The minimum Gasteiger partial charge on any atom is -0.493 e. The van der Waals surface area contributed by atoms with Gasteiger partial charge in [-0.2, -0.15) is 5.10 Å². The summed E-state index contributed by atoms with van der Waals surface area (Å²) in [7, 11) is -2.26. The maximum Gasteiger partial charge on any atom is 0.271 e. The monoisotopic (exact) mass is 583 g/mol. The van der Waals surface area contributed by atoms with E-state index >= 15 is 0 Å². The fourth-order valence-corrected chi connectivity index (χ4v) is 4.68. The van der Waals surface area contributed by atoms with Crippen LogP contribution in [0.1, 0.15) is 21.5 Å². The molecule has 0 fully saturated rings. The lowest BCUT2D eigenvalue weighted by atomic mass is 10.2. The van der Waals surface area contributed by atoms with Crippen LogP contribution >= 0.6 is 23.2 Å². The summed E-state index contributed by atoms with van der Waals surface area (Å²) in [5.41, 5.74) is 4.68. The second kappa shape index (κ2) is 12.7. The second-order valence-corrected chi connectivity index (χ2v) is 10.7. The maximum atomic E-state index is 12.5. The zero-order valence-corrected chi connectivity index (χ0v) is 22.9. The lowest BCUT2D eigenvalue weighted by Gasteiger charge is -2.11. The lowest BCUT2D eigenvalue weighted by Crippen LogP contribution is -2.18. The molecule has 4 rings (SSSR count). The Hall–Kier alpha value is -4.05. The molecule has 1 amide bonds. The van der Waals surface area contributed by atoms with Gasteiger partial charge in [-0.1, -0.05) is 35.3 Å². The fourth-order valence-electron chi connectivity index (χ4n) is 3.37. The number of hydrogen-bond donors (Lipinski definition) is 2. The Morgan fingerprint density at radius 1 is 0.872 bits per heavy atom. The molecule has 0 aliphatic carbocycles. The summed E-state index contributed by atoms with van der Waals surface area (Å²) < 4.78 is 38.8. The van der Waals surface area contributed by atoms with E-state index in [0.29, 0.717) is 45.0 Å². The topological polar surface area (TPSA) is 106 Å². The predicted octanol–water partition coefficient (Wildman–Crippen LogP) is 6.15. The summed E-state index contributed by atoms with van der Waals surface area (Å²) in [6.07, 6.45) is 1.47. The number of ether oxygens (including phenoxy) is 2. The number of methoxy groups -OCH3 is 1. The molecule has 0 atom stereocenters. The van der Waals surface area contributed by atoms with Crippen LogP contribution in [0.5, 0.6) is 11.5 Å². The molecule has 8 nitrogen and oxygen atoms in total. The minimum atomic E-state index is -3.79. The van der Waals surface area contributed by atoms with Gasteiger partial charge in [0.1, 0.15) is 6.61 Å². The summed E-state index contributed by atoms with van der Waals surface area (Å²) >= 11 is 11.7. The quantitative estimate of drug-likeness (QED) is 0.172. The molecule has 0 aromatic heterocycles. The second-order valence-electron chi connectivity index (χ2n) is 8.16. The van der Waals surface area contributed by atoms with E-state index in [1.165, 1.54) is 61.9 Å². The zero-order chi connectivity index (χ0) is 27.8. The van der Waals surface area contributed by atoms with E-state index < -0.39 is 15.9 Å². The Morgan fingerprint density at radius 3 is 2.15 bits per heavy atom. The van der Waals surface area contributed by atoms with Gasteiger partial charge >= 0.3 is 0 Å². The first-order valence-corrected chi connectivity index (χ1v) is 13.7. The Kier molecular flexibility index (Phi) is 9.08. The van der Waals surface area contributed by atoms with Gasteiger partial charge in [-0.05, 0) is 90.0 Å². The fraction of sp³-hybridized carbons (Fsp3) is 0.0714. The first-order chi connectivity index (χ1) is 18.7. The Bertz CT molecular complexity index is 1580. The van der Waals surface area contributed by atoms with Crippen LogP contribution in [-0.4, -0.2) is 27.6 Å². The van der Waals surface area contributed by atoms with Gasteiger partial charge in [0.2, 0.25) is 0 Å². The standard InChI is InChI=1S/C28H23Cl2N3O5S/c1-37-27-16-20(4-15-26(27)38-18-19-2-7-22(29)8-3-19)17-31-32-28(34)21-5-11-24(12-6-21)33-39(35,36)25-13-9-23(30)10-14-25/h2-17,33H,18H2,1H3,(H,32,34). The largest absolute Gasteiger partial charge is 0.493 e. The van der Waals surface area contributed by atoms with E-state index in [1.807, 2.05) is 12.1 Å². The van der Waals surface area contributed by atoms with Gasteiger partial charge < -0.3 is 9.47 Å². The summed E-state index contributed by atoms with van der Waals surface area (Å²) in [4.78, 5) is 12.5. The number of carbonyl (C=O) groups is 1. The highest BCUT2D eigenvalue weighted by Crippen LogP contribution is 2.28. The molecule has 0 spiro atoms. The van der Waals surface area contributed by atoms with Crippen LogP contribution < -0.4 is 19.6 Å². The van der Waals surface area contributed by atoms with Crippen LogP contribution in [0.4, 0.5) is 5.69 Å². The summed E-state index contributed by atoms with van der Waals surface area (Å²) in [6, 6.07) is 24.3.